The van der Waals surface area contributed by atoms with Crippen molar-refractivity contribution in [1.82, 2.24) is 4.90 Å². The van der Waals surface area contributed by atoms with Gasteiger partial charge < -0.3 is 9.84 Å². The molecule has 6 nitrogen and oxygen atoms in total. The van der Waals surface area contributed by atoms with Crippen LogP contribution in [0.25, 0.3) is 0 Å². The number of aliphatic carboxylic acids is 1. The lowest BCUT2D eigenvalue weighted by atomic mass is 9.95. The molecule has 1 saturated heterocycles. The monoisotopic (exact) mass is 513 g/mol. The van der Waals surface area contributed by atoms with E-state index in [1.54, 1.807) is 24.3 Å². The van der Waals surface area contributed by atoms with Crippen LogP contribution in [0, 0.1) is 6.92 Å². The van der Waals surface area contributed by atoms with Crippen LogP contribution in [0.3, 0.4) is 0 Å². The number of rotatable bonds is 8. The molecule has 0 aliphatic carbocycles. The van der Waals surface area contributed by atoms with Crippen LogP contribution in [-0.4, -0.2) is 42.2 Å². The largest absolute Gasteiger partial charge is 0.489 e. The Morgan fingerprint density at radius 2 is 1.51 bits per heavy atom. The van der Waals surface area contributed by atoms with Gasteiger partial charge in [-0.2, -0.15) is 0 Å². The van der Waals surface area contributed by atoms with E-state index in [9.17, 15) is 18.3 Å². The van der Waals surface area contributed by atoms with Gasteiger partial charge in [-0.15, -0.1) is 0 Å². The van der Waals surface area contributed by atoms with Crippen molar-refractivity contribution in [3.63, 3.8) is 0 Å². The summed E-state index contributed by atoms with van der Waals surface area (Å²) in [5.74, 6) is -0.799. The minimum absolute atomic E-state index is 0.00859. The molecule has 1 heterocycles. The van der Waals surface area contributed by atoms with Gasteiger partial charge in [0.2, 0.25) is 0 Å². The van der Waals surface area contributed by atoms with Gasteiger partial charge in [0.25, 0.3) is 0 Å². The second-order valence-electron chi connectivity index (χ2n) is 8.95. The van der Waals surface area contributed by atoms with Crippen molar-refractivity contribution in [3.05, 3.63) is 94.5 Å². The number of carboxylic acid groups (broad SMARTS) is 1. The molecule has 0 unspecified atom stereocenters. The lowest BCUT2D eigenvalue weighted by Crippen LogP contribution is -2.54. The van der Waals surface area contributed by atoms with Gasteiger partial charge in [0.05, 0.1) is 4.90 Å². The third kappa shape index (κ3) is 5.53. The molecule has 0 atom stereocenters. The molecule has 184 valence electrons. The third-order valence-electron chi connectivity index (χ3n) is 6.55. The second kappa shape index (κ2) is 10.4. The van der Waals surface area contributed by atoms with Crippen LogP contribution in [0.4, 0.5) is 0 Å². The molecule has 0 radical (unpaired) electrons. The summed E-state index contributed by atoms with van der Waals surface area (Å²) in [5.41, 5.74) is 3.22. The van der Waals surface area contributed by atoms with E-state index in [0.29, 0.717) is 37.0 Å². The molecule has 0 aromatic heterocycles. The maximum atomic E-state index is 13.5. The molecule has 1 aliphatic heterocycles. The van der Waals surface area contributed by atoms with Crippen LogP contribution < -0.4 is 4.74 Å². The highest BCUT2D eigenvalue weighted by molar-refractivity contribution is 7.93. The van der Waals surface area contributed by atoms with Gasteiger partial charge in [-0.1, -0.05) is 53.6 Å². The molecule has 0 bridgehead atoms. The highest BCUT2D eigenvalue weighted by atomic mass is 35.5. The fourth-order valence-electron chi connectivity index (χ4n) is 4.31. The van der Waals surface area contributed by atoms with E-state index in [-0.39, 0.29) is 17.7 Å². The molecule has 3 aromatic carbocycles. The number of hydrogen-bond acceptors (Lipinski definition) is 5. The lowest BCUT2D eigenvalue weighted by molar-refractivity contribution is -0.141. The highest BCUT2D eigenvalue weighted by Gasteiger charge is 2.53. The zero-order chi connectivity index (χ0) is 25.1. The average Bonchev–Trinajstić information content (AvgIpc) is 2.85. The van der Waals surface area contributed by atoms with E-state index in [1.165, 1.54) is 17.7 Å². The number of piperidine rings is 1. The van der Waals surface area contributed by atoms with Crippen molar-refractivity contribution in [1.29, 1.82) is 0 Å². The first-order valence-corrected chi connectivity index (χ1v) is 13.3. The Morgan fingerprint density at radius 3 is 2.09 bits per heavy atom. The smallest absolute Gasteiger partial charge is 0.325 e. The van der Waals surface area contributed by atoms with Gasteiger partial charge in [0.1, 0.15) is 12.4 Å². The van der Waals surface area contributed by atoms with Crippen LogP contribution >= 0.6 is 11.6 Å². The third-order valence-corrected chi connectivity index (χ3v) is 9.30. The fourth-order valence-corrected chi connectivity index (χ4v) is 6.33. The van der Waals surface area contributed by atoms with E-state index in [4.69, 9.17) is 16.3 Å². The predicted molar refractivity (Wildman–Crippen MR) is 135 cm³/mol. The van der Waals surface area contributed by atoms with E-state index < -0.39 is 20.6 Å². The number of aryl methyl sites for hydroxylation is 1. The van der Waals surface area contributed by atoms with Crippen molar-refractivity contribution in [3.8, 4) is 5.75 Å². The van der Waals surface area contributed by atoms with Crippen molar-refractivity contribution in [2.24, 2.45) is 0 Å². The highest BCUT2D eigenvalue weighted by Crippen LogP contribution is 2.37. The quantitative estimate of drug-likeness (QED) is 0.450. The lowest BCUT2D eigenvalue weighted by Gasteiger charge is -2.38. The predicted octanol–water partition coefficient (Wildman–Crippen LogP) is 5.12. The standard InChI is InChI=1S/C27H28ClNO5S/c1-20-2-4-21(5-3-20)18-29-16-14-27(15-17-29,26(30)31)35(32,33)25-12-10-24(11-13-25)34-19-22-6-8-23(28)9-7-22/h2-13H,14-19H2,1H3,(H,30,31). The van der Waals surface area contributed by atoms with Gasteiger partial charge >= 0.3 is 5.97 Å². The first kappa shape index (κ1) is 25.2. The van der Waals surface area contributed by atoms with Crippen LogP contribution in [0.1, 0.15) is 29.5 Å². The number of sulfone groups is 1. The van der Waals surface area contributed by atoms with Crippen LogP contribution in [0.15, 0.2) is 77.7 Å². The van der Waals surface area contributed by atoms with Crippen molar-refractivity contribution in [2.75, 3.05) is 13.1 Å². The molecule has 0 saturated carbocycles. The average molecular weight is 514 g/mol. The normalized spacial score (nSPS) is 16.1. The van der Waals surface area contributed by atoms with E-state index in [0.717, 1.165) is 11.1 Å². The maximum absolute atomic E-state index is 13.5. The Bertz CT molecular complexity index is 1260. The molecule has 8 heteroatoms. The van der Waals surface area contributed by atoms with Crippen molar-refractivity contribution >= 4 is 27.4 Å². The summed E-state index contributed by atoms with van der Waals surface area (Å²) >= 11 is 5.89. The van der Waals surface area contributed by atoms with Crippen LogP contribution in [0.2, 0.25) is 5.02 Å². The summed E-state index contributed by atoms with van der Waals surface area (Å²) in [6.45, 7) is 3.77. The van der Waals surface area contributed by atoms with E-state index >= 15 is 0 Å². The summed E-state index contributed by atoms with van der Waals surface area (Å²) < 4.78 is 30.9. The molecule has 4 rings (SSSR count). The molecular weight excluding hydrogens is 486 g/mol. The summed E-state index contributed by atoms with van der Waals surface area (Å²) in [4.78, 5) is 14.4. The van der Waals surface area contributed by atoms with Crippen LogP contribution in [0.5, 0.6) is 5.75 Å². The minimum Gasteiger partial charge on any atom is -0.489 e. The maximum Gasteiger partial charge on any atom is 0.325 e. The first-order chi connectivity index (χ1) is 16.7. The number of ether oxygens (including phenoxy) is 1. The zero-order valence-electron chi connectivity index (χ0n) is 19.5. The van der Waals surface area contributed by atoms with E-state index in [2.05, 4.69) is 4.90 Å². The second-order valence-corrected chi connectivity index (χ2v) is 11.6. The van der Waals surface area contributed by atoms with Gasteiger partial charge in [0.15, 0.2) is 14.6 Å². The van der Waals surface area contributed by atoms with Crippen molar-refractivity contribution < 1.29 is 23.1 Å². The number of carbonyl (C=O) groups is 1. The molecule has 1 N–H and O–H groups in total. The summed E-state index contributed by atoms with van der Waals surface area (Å²) in [6.07, 6.45) is 0.0662. The Labute approximate surface area is 211 Å². The van der Waals surface area contributed by atoms with E-state index in [1.807, 2.05) is 43.3 Å². The number of benzene rings is 3. The molecule has 0 spiro atoms. The number of carboxylic acids is 1. The van der Waals surface area contributed by atoms with Gasteiger partial charge in [-0.3, -0.25) is 9.69 Å². The fraction of sp³-hybridized carbons (Fsp3) is 0.296. The number of likely N-dealkylation sites (tertiary alicyclic amines) is 1. The minimum atomic E-state index is -4.11. The first-order valence-electron chi connectivity index (χ1n) is 11.4. The van der Waals surface area contributed by atoms with Gasteiger partial charge in [-0.05, 0) is 67.3 Å². The van der Waals surface area contributed by atoms with Gasteiger partial charge in [0, 0.05) is 24.7 Å². The number of halogens is 1. The number of nitrogens with zero attached hydrogens (tertiary/aromatic N) is 1. The summed E-state index contributed by atoms with van der Waals surface area (Å²) in [7, 11) is -4.11. The van der Waals surface area contributed by atoms with Crippen LogP contribution in [-0.2, 0) is 27.8 Å². The Morgan fingerprint density at radius 1 is 0.943 bits per heavy atom. The van der Waals surface area contributed by atoms with Crippen molar-refractivity contribution in [2.45, 2.75) is 42.6 Å². The SMILES string of the molecule is Cc1ccc(CN2CCC(C(=O)O)(S(=O)(=O)c3ccc(OCc4ccc(Cl)cc4)cc3)CC2)cc1. The topological polar surface area (TPSA) is 83.9 Å². The summed E-state index contributed by atoms with van der Waals surface area (Å²) in [5, 5.41) is 10.7. The summed E-state index contributed by atoms with van der Waals surface area (Å²) in [6, 6.07) is 21.4. The molecule has 3 aromatic rings. The van der Waals surface area contributed by atoms with Gasteiger partial charge in [-0.25, -0.2) is 8.42 Å². The Balaban J connectivity index is 1.44. The number of hydrogen-bond donors (Lipinski definition) is 1. The molecule has 1 fully saturated rings. The molecule has 1 aliphatic rings. The zero-order valence-corrected chi connectivity index (χ0v) is 21.1. The Kier molecular flexibility index (Phi) is 7.50. The molecule has 35 heavy (non-hydrogen) atoms. The molecule has 0 amide bonds. The molecular formula is C27H28ClNO5S. The Hall–Kier alpha value is -2.87.